The molecule has 4 heteroatoms. The van der Waals surface area contributed by atoms with E-state index in [9.17, 15) is 4.79 Å². The van der Waals surface area contributed by atoms with Crippen molar-refractivity contribution >= 4 is 5.97 Å². The first-order valence-electron chi connectivity index (χ1n) is 4.59. The quantitative estimate of drug-likeness (QED) is 0.604. The van der Waals surface area contributed by atoms with Gasteiger partial charge in [0.05, 0.1) is 0 Å². The molecule has 0 amide bonds. The molecule has 1 saturated heterocycles. The second-order valence-corrected chi connectivity index (χ2v) is 4.26. The van der Waals surface area contributed by atoms with Gasteiger partial charge in [-0.3, -0.25) is 4.79 Å². The molecular formula is C9H18N2O2. The molecule has 0 aliphatic carbocycles. The standard InChI is InChI=1S/C9H18N2O2/c1-6-4-11(3)5-7(2)9(6,10)8(12)13/h6-7H,4-5,10H2,1-3H3,(H,12,13). The maximum absolute atomic E-state index is 11.1. The van der Waals surface area contributed by atoms with Gasteiger partial charge in [0.15, 0.2) is 0 Å². The van der Waals surface area contributed by atoms with Crippen molar-refractivity contribution in [2.24, 2.45) is 17.6 Å². The van der Waals surface area contributed by atoms with Crippen molar-refractivity contribution in [1.82, 2.24) is 4.90 Å². The van der Waals surface area contributed by atoms with E-state index in [2.05, 4.69) is 4.90 Å². The lowest BCUT2D eigenvalue weighted by atomic mass is 9.73. The number of piperidine rings is 1. The van der Waals surface area contributed by atoms with E-state index in [0.717, 1.165) is 13.1 Å². The Morgan fingerprint density at radius 3 is 2.15 bits per heavy atom. The summed E-state index contributed by atoms with van der Waals surface area (Å²) in [4.78, 5) is 13.2. The van der Waals surface area contributed by atoms with Gasteiger partial charge >= 0.3 is 5.97 Å². The Morgan fingerprint density at radius 2 is 1.85 bits per heavy atom. The number of aliphatic carboxylic acids is 1. The Bertz CT molecular complexity index is 206. The molecule has 0 aromatic carbocycles. The summed E-state index contributed by atoms with van der Waals surface area (Å²) in [5, 5.41) is 9.08. The Labute approximate surface area is 78.7 Å². The lowest BCUT2D eigenvalue weighted by molar-refractivity contribution is -0.150. The number of carbonyl (C=O) groups is 1. The highest BCUT2D eigenvalue weighted by atomic mass is 16.4. The number of carboxylic acid groups (broad SMARTS) is 1. The summed E-state index contributed by atoms with van der Waals surface area (Å²) in [6.07, 6.45) is 0. The topological polar surface area (TPSA) is 66.6 Å². The minimum atomic E-state index is -1.05. The van der Waals surface area contributed by atoms with E-state index in [1.807, 2.05) is 20.9 Å². The lowest BCUT2D eigenvalue weighted by Crippen LogP contribution is -2.65. The molecule has 13 heavy (non-hydrogen) atoms. The number of rotatable bonds is 1. The van der Waals surface area contributed by atoms with E-state index in [4.69, 9.17) is 10.8 Å². The van der Waals surface area contributed by atoms with Crippen LogP contribution in [-0.4, -0.2) is 41.7 Å². The molecule has 0 saturated carbocycles. The molecule has 0 aromatic rings. The summed E-state index contributed by atoms with van der Waals surface area (Å²) >= 11 is 0. The molecule has 2 atom stereocenters. The molecule has 1 fully saturated rings. The maximum atomic E-state index is 11.1. The molecule has 1 rings (SSSR count). The van der Waals surface area contributed by atoms with Crippen LogP contribution < -0.4 is 5.73 Å². The molecule has 0 bridgehead atoms. The highest BCUT2D eigenvalue weighted by Gasteiger charge is 2.48. The molecule has 0 spiro atoms. The largest absolute Gasteiger partial charge is 0.480 e. The first-order valence-corrected chi connectivity index (χ1v) is 4.59. The van der Waals surface area contributed by atoms with Crippen LogP contribution in [0.15, 0.2) is 0 Å². The van der Waals surface area contributed by atoms with Gasteiger partial charge in [0.2, 0.25) is 0 Å². The predicted molar refractivity (Wildman–Crippen MR) is 50.4 cm³/mol. The summed E-state index contributed by atoms with van der Waals surface area (Å²) in [5.41, 5.74) is 4.88. The Hall–Kier alpha value is -0.610. The van der Waals surface area contributed by atoms with Gasteiger partial charge < -0.3 is 15.7 Å². The van der Waals surface area contributed by atoms with Gasteiger partial charge in [-0.05, 0) is 18.9 Å². The third-order valence-corrected chi connectivity index (χ3v) is 3.17. The van der Waals surface area contributed by atoms with E-state index in [0.29, 0.717) is 0 Å². The summed E-state index contributed by atoms with van der Waals surface area (Å²) in [6.45, 7) is 5.32. The fourth-order valence-electron chi connectivity index (χ4n) is 2.22. The van der Waals surface area contributed by atoms with Gasteiger partial charge in [0, 0.05) is 13.1 Å². The number of hydrogen-bond donors (Lipinski definition) is 2. The normalized spacial score (nSPS) is 41.8. The van der Waals surface area contributed by atoms with Gasteiger partial charge in [0.25, 0.3) is 0 Å². The molecule has 1 heterocycles. The van der Waals surface area contributed by atoms with Crippen molar-refractivity contribution in [3.8, 4) is 0 Å². The van der Waals surface area contributed by atoms with Crippen molar-refractivity contribution in [1.29, 1.82) is 0 Å². The van der Waals surface area contributed by atoms with Gasteiger partial charge in [-0.25, -0.2) is 0 Å². The Balaban J connectivity index is 2.89. The van der Waals surface area contributed by atoms with E-state index in [1.165, 1.54) is 0 Å². The van der Waals surface area contributed by atoms with Crippen LogP contribution in [0, 0.1) is 11.8 Å². The predicted octanol–water partition coefficient (Wildman–Crippen LogP) is -0.0139. The van der Waals surface area contributed by atoms with E-state index in [-0.39, 0.29) is 11.8 Å². The van der Waals surface area contributed by atoms with Crippen LogP contribution in [0.3, 0.4) is 0 Å². The zero-order valence-electron chi connectivity index (χ0n) is 8.45. The monoisotopic (exact) mass is 186 g/mol. The molecular weight excluding hydrogens is 168 g/mol. The Kier molecular flexibility index (Phi) is 2.63. The highest BCUT2D eigenvalue weighted by Crippen LogP contribution is 2.29. The zero-order chi connectivity index (χ0) is 10.2. The van der Waals surface area contributed by atoms with Gasteiger partial charge in [-0.1, -0.05) is 13.8 Å². The van der Waals surface area contributed by atoms with Crippen LogP contribution >= 0.6 is 0 Å². The van der Waals surface area contributed by atoms with Crippen LogP contribution in [0.5, 0.6) is 0 Å². The minimum Gasteiger partial charge on any atom is -0.480 e. The minimum absolute atomic E-state index is 0.00116. The van der Waals surface area contributed by atoms with Crippen LogP contribution in [0.2, 0.25) is 0 Å². The number of carboxylic acids is 1. The van der Waals surface area contributed by atoms with Crippen molar-refractivity contribution in [2.45, 2.75) is 19.4 Å². The van der Waals surface area contributed by atoms with Crippen molar-refractivity contribution in [3.05, 3.63) is 0 Å². The molecule has 76 valence electrons. The van der Waals surface area contributed by atoms with Crippen LogP contribution in [-0.2, 0) is 4.79 Å². The summed E-state index contributed by atoms with van der Waals surface area (Å²) < 4.78 is 0. The SMILES string of the molecule is CC1CN(C)CC(C)C1(N)C(=O)O. The van der Waals surface area contributed by atoms with Gasteiger partial charge in [0.1, 0.15) is 5.54 Å². The summed E-state index contributed by atoms with van der Waals surface area (Å²) in [7, 11) is 1.99. The number of nitrogens with zero attached hydrogens (tertiary/aromatic N) is 1. The molecule has 3 N–H and O–H groups in total. The smallest absolute Gasteiger partial charge is 0.324 e. The molecule has 0 radical (unpaired) electrons. The van der Waals surface area contributed by atoms with Gasteiger partial charge in [-0.15, -0.1) is 0 Å². The third-order valence-electron chi connectivity index (χ3n) is 3.17. The van der Waals surface area contributed by atoms with Gasteiger partial charge in [-0.2, -0.15) is 0 Å². The van der Waals surface area contributed by atoms with Crippen LogP contribution in [0.25, 0.3) is 0 Å². The van der Waals surface area contributed by atoms with Crippen molar-refractivity contribution in [3.63, 3.8) is 0 Å². The molecule has 1 aliphatic heterocycles. The maximum Gasteiger partial charge on any atom is 0.324 e. The van der Waals surface area contributed by atoms with Crippen molar-refractivity contribution in [2.75, 3.05) is 20.1 Å². The highest BCUT2D eigenvalue weighted by molar-refractivity contribution is 5.79. The van der Waals surface area contributed by atoms with E-state index in [1.54, 1.807) is 0 Å². The second kappa shape index (κ2) is 3.27. The first kappa shape index (κ1) is 10.5. The average Bonchev–Trinajstić information content (AvgIpc) is 1.99. The first-order chi connectivity index (χ1) is 5.89. The average molecular weight is 186 g/mol. The van der Waals surface area contributed by atoms with Crippen molar-refractivity contribution < 1.29 is 9.90 Å². The van der Waals surface area contributed by atoms with E-state index >= 15 is 0 Å². The van der Waals surface area contributed by atoms with E-state index < -0.39 is 11.5 Å². The zero-order valence-corrected chi connectivity index (χ0v) is 8.45. The molecule has 4 nitrogen and oxygen atoms in total. The molecule has 2 unspecified atom stereocenters. The summed E-state index contributed by atoms with van der Waals surface area (Å²) in [6, 6.07) is 0. The fourth-order valence-corrected chi connectivity index (χ4v) is 2.22. The number of nitrogens with two attached hydrogens (primary N) is 1. The Morgan fingerprint density at radius 1 is 1.46 bits per heavy atom. The summed E-state index contributed by atoms with van der Waals surface area (Å²) in [5.74, 6) is -0.877. The second-order valence-electron chi connectivity index (χ2n) is 4.26. The number of likely N-dealkylation sites (tertiary alicyclic amines) is 1. The number of hydrogen-bond acceptors (Lipinski definition) is 3. The third kappa shape index (κ3) is 1.56. The molecule has 0 aromatic heterocycles. The van der Waals surface area contributed by atoms with Crippen LogP contribution in [0.4, 0.5) is 0 Å². The lowest BCUT2D eigenvalue weighted by Gasteiger charge is -2.44. The fraction of sp³-hybridized carbons (Fsp3) is 0.889. The van der Waals surface area contributed by atoms with Crippen LogP contribution in [0.1, 0.15) is 13.8 Å². The molecule has 1 aliphatic rings.